The zero-order valence-electron chi connectivity index (χ0n) is 12.6. The van der Waals surface area contributed by atoms with E-state index >= 15 is 0 Å². The molecule has 0 saturated heterocycles. The molecule has 0 spiro atoms. The van der Waals surface area contributed by atoms with E-state index in [0.29, 0.717) is 0 Å². The Hall–Kier alpha value is -0.930. The highest BCUT2D eigenvalue weighted by Crippen LogP contribution is 2.49. The van der Waals surface area contributed by atoms with Gasteiger partial charge in [-0.05, 0) is 44.4 Å². The second-order valence-electron chi connectivity index (χ2n) is 4.40. The van der Waals surface area contributed by atoms with Crippen LogP contribution in [0.2, 0.25) is 0 Å². The molecule has 0 saturated carbocycles. The molecule has 112 valence electrons. The van der Waals surface area contributed by atoms with Crippen LogP contribution in [0.1, 0.15) is 31.9 Å². The summed E-state index contributed by atoms with van der Waals surface area (Å²) in [4.78, 5) is 0. The first kappa shape index (κ1) is 17.1. The molecule has 1 rings (SSSR count). The lowest BCUT2D eigenvalue weighted by Gasteiger charge is -2.16. The fourth-order valence-electron chi connectivity index (χ4n) is 1.66. The standard InChI is InChI=1S/C15H23O4P/c1-5-17-20(16,18-6-2)19-12-13(3)11-15-10-8-7-9-14(15)4/h7-11H,5-6,12H2,1-4H3/b13-11+. The van der Waals surface area contributed by atoms with E-state index in [1.165, 1.54) is 5.56 Å². The minimum Gasteiger partial charge on any atom is -0.287 e. The van der Waals surface area contributed by atoms with Gasteiger partial charge in [-0.3, -0.25) is 13.6 Å². The maximum Gasteiger partial charge on any atom is 0.475 e. The molecule has 0 bridgehead atoms. The molecule has 0 aliphatic heterocycles. The zero-order chi connectivity index (χ0) is 15.0. The minimum absolute atomic E-state index is 0.214. The van der Waals surface area contributed by atoms with E-state index in [0.717, 1.165) is 11.1 Å². The van der Waals surface area contributed by atoms with Crippen LogP contribution in [0, 0.1) is 6.92 Å². The number of benzene rings is 1. The van der Waals surface area contributed by atoms with Gasteiger partial charge in [0.05, 0.1) is 19.8 Å². The van der Waals surface area contributed by atoms with E-state index in [-0.39, 0.29) is 19.8 Å². The van der Waals surface area contributed by atoms with Crippen molar-refractivity contribution in [1.82, 2.24) is 0 Å². The third-order valence-corrected chi connectivity index (χ3v) is 4.21. The highest BCUT2D eigenvalue weighted by molar-refractivity contribution is 7.48. The summed E-state index contributed by atoms with van der Waals surface area (Å²) in [5.41, 5.74) is 3.26. The van der Waals surface area contributed by atoms with Crippen molar-refractivity contribution in [2.75, 3.05) is 19.8 Å². The van der Waals surface area contributed by atoms with Crippen molar-refractivity contribution in [3.8, 4) is 0 Å². The number of aryl methyl sites for hydroxylation is 1. The predicted molar refractivity (Wildman–Crippen MR) is 81.6 cm³/mol. The monoisotopic (exact) mass is 298 g/mol. The summed E-state index contributed by atoms with van der Waals surface area (Å²) >= 11 is 0. The van der Waals surface area contributed by atoms with Crippen LogP contribution in [-0.4, -0.2) is 19.8 Å². The average Bonchev–Trinajstić information content (AvgIpc) is 2.40. The Morgan fingerprint density at radius 3 is 2.30 bits per heavy atom. The molecule has 0 aliphatic rings. The molecule has 1 aromatic carbocycles. The normalized spacial score (nSPS) is 12.7. The molecule has 20 heavy (non-hydrogen) atoms. The summed E-state index contributed by atoms with van der Waals surface area (Å²) in [6, 6.07) is 8.06. The highest BCUT2D eigenvalue weighted by Gasteiger charge is 2.25. The Bertz CT molecular complexity index is 486. The molecule has 4 nitrogen and oxygen atoms in total. The van der Waals surface area contributed by atoms with Gasteiger partial charge in [0.25, 0.3) is 0 Å². The Morgan fingerprint density at radius 2 is 1.75 bits per heavy atom. The fourth-order valence-corrected chi connectivity index (χ4v) is 2.88. The lowest BCUT2D eigenvalue weighted by atomic mass is 10.1. The molecular formula is C15H23O4P. The van der Waals surface area contributed by atoms with Crippen molar-refractivity contribution >= 4 is 13.9 Å². The number of phosphoric ester groups is 1. The predicted octanol–water partition coefficient (Wildman–Crippen LogP) is 4.60. The van der Waals surface area contributed by atoms with E-state index in [1.807, 2.05) is 44.2 Å². The van der Waals surface area contributed by atoms with Gasteiger partial charge in [-0.15, -0.1) is 0 Å². The second-order valence-corrected chi connectivity index (χ2v) is 6.07. The van der Waals surface area contributed by atoms with Gasteiger partial charge >= 0.3 is 7.82 Å². The van der Waals surface area contributed by atoms with Crippen LogP contribution >= 0.6 is 7.82 Å². The van der Waals surface area contributed by atoms with Crippen LogP contribution in [0.3, 0.4) is 0 Å². The summed E-state index contributed by atoms with van der Waals surface area (Å²) in [7, 11) is -3.43. The third-order valence-electron chi connectivity index (χ3n) is 2.62. The molecule has 0 aliphatic carbocycles. The SMILES string of the molecule is CCOP(=O)(OCC)OC/C(C)=C/c1ccccc1C. The topological polar surface area (TPSA) is 44.8 Å². The summed E-state index contributed by atoms with van der Waals surface area (Å²) < 4.78 is 27.6. The molecule has 0 aromatic heterocycles. The van der Waals surface area contributed by atoms with E-state index in [9.17, 15) is 4.57 Å². The number of rotatable bonds is 8. The van der Waals surface area contributed by atoms with Crippen LogP contribution < -0.4 is 0 Å². The van der Waals surface area contributed by atoms with E-state index in [2.05, 4.69) is 0 Å². The smallest absolute Gasteiger partial charge is 0.287 e. The summed E-state index contributed by atoms with van der Waals surface area (Å²) in [6.45, 7) is 8.28. The Balaban J connectivity index is 2.68. The Morgan fingerprint density at radius 1 is 1.15 bits per heavy atom. The van der Waals surface area contributed by atoms with Gasteiger partial charge in [0.1, 0.15) is 0 Å². The van der Waals surface area contributed by atoms with Crippen molar-refractivity contribution in [3.05, 3.63) is 41.0 Å². The molecule has 0 N–H and O–H groups in total. The van der Waals surface area contributed by atoms with Crippen LogP contribution in [-0.2, 0) is 18.1 Å². The van der Waals surface area contributed by atoms with Gasteiger partial charge in [-0.2, -0.15) is 0 Å². The first-order chi connectivity index (χ1) is 9.50. The van der Waals surface area contributed by atoms with Crippen molar-refractivity contribution in [3.63, 3.8) is 0 Å². The van der Waals surface area contributed by atoms with Crippen molar-refractivity contribution in [1.29, 1.82) is 0 Å². The number of hydrogen-bond donors (Lipinski definition) is 0. The molecule has 0 unspecified atom stereocenters. The largest absolute Gasteiger partial charge is 0.475 e. The fraction of sp³-hybridized carbons (Fsp3) is 0.467. The molecular weight excluding hydrogens is 275 g/mol. The van der Waals surface area contributed by atoms with Gasteiger partial charge in [-0.1, -0.05) is 30.3 Å². The summed E-state index contributed by atoms with van der Waals surface area (Å²) in [5.74, 6) is 0. The summed E-state index contributed by atoms with van der Waals surface area (Å²) in [5, 5.41) is 0. The number of phosphoric acid groups is 1. The third kappa shape index (κ3) is 5.59. The van der Waals surface area contributed by atoms with E-state index in [4.69, 9.17) is 13.6 Å². The lowest BCUT2D eigenvalue weighted by molar-refractivity contribution is 0.129. The molecule has 0 fully saturated rings. The zero-order valence-corrected chi connectivity index (χ0v) is 13.5. The molecule has 0 heterocycles. The summed E-state index contributed by atoms with van der Waals surface area (Å²) in [6.07, 6.45) is 2.01. The molecule has 0 atom stereocenters. The van der Waals surface area contributed by atoms with Crippen LogP contribution in [0.5, 0.6) is 0 Å². The number of hydrogen-bond acceptors (Lipinski definition) is 4. The second kappa shape index (κ2) is 8.38. The van der Waals surface area contributed by atoms with Gasteiger partial charge in [-0.25, -0.2) is 4.57 Å². The first-order valence-electron chi connectivity index (χ1n) is 6.77. The molecule has 1 aromatic rings. The van der Waals surface area contributed by atoms with Crippen LogP contribution in [0.4, 0.5) is 0 Å². The van der Waals surface area contributed by atoms with Crippen molar-refractivity contribution in [2.45, 2.75) is 27.7 Å². The van der Waals surface area contributed by atoms with Crippen molar-refractivity contribution in [2.24, 2.45) is 0 Å². The maximum absolute atomic E-state index is 12.1. The average molecular weight is 298 g/mol. The molecule has 5 heteroatoms. The van der Waals surface area contributed by atoms with Crippen LogP contribution in [0.15, 0.2) is 29.8 Å². The first-order valence-corrected chi connectivity index (χ1v) is 8.23. The molecule has 0 amide bonds. The maximum atomic E-state index is 12.1. The minimum atomic E-state index is -3.43. The van der Waals surface area contributed by atoms with E-state index < -0.39 is 7.82 Å². The Labute approximate surface area is 121 Å². The lowest BCUT2D eigenvalue weighted by Crippen LogP contribution is -2.02. The highest BCUT2D eigenvalue weighted by atomic mass is 31.2. The van der Waals surface area contributed by atoms with Crippen LogP contribution in [0.25, 0.3) is 6.08 Å². The quantitative estimate of drug-likeness (QED) is 0.658. The molecule has 0 radical (unpaired) electrons. The van der Waals surface area contributed by atoms with Gasteiger partial charge < -0.3 is 0 Å². The van der Waals surface area contributed by atoms with Crippen molar-refractivity contribution < 1.29 is 18.1 Å². The van der Waals surface area contributed by atoms with E-state index in [1.54, 1.807) is 13.8 Å². The Kier molecular flexibility index (Phi) is 7.17. The van der Waals surface area contributed by atoms with Gasteiger partial charge in [0, 0.05) is 0 Å². The van der Waals surface area contributed by atoms with Gasteiger partial charge in [0.15, 0.2) is 0 Å². The van der Waals surface area contributed by atoms with Gasteiger partial charge in [0.2, 0.25) is 0 Å².